The number of ether oxygens (including phenoxy) is 2. The fourth-order valence-electron chi connectivity index (χ4n) is 2.65. The van der Waals surface area contributed by atoms with Crippen molar-refractivity contribution >= 4 is 57.6 Å². The molecule has 0 radical (unpaired) electrons. The lowest BCUT2D eigenvalue weighted by Gasteiger charge is -2.17. The van der Waals surface area contributed by atoms with Gasteiger partial charge in [0.1, 0.15) is 11.5 Å². The highest BCUT2D eigenvalue weighted by Gasteiger charge is 2.37. The minimum Gasteiger partial charge on any atom is -0.497 e. The van der Waals surface area contributed by atoms with Gasteiger partial charge in [-0.1, -0.05) is 35.6 Å². The molecule has 0 aromatic heterocycles. The summed E-state index contributed by atoms with van der Waals surface area (Å²) in [5.41, 5.74) is -0.478. The number of thiocarbonyl (C=S) groups is 1. The Morgan fingerprint density at radius 2 is 1.86 bits per heavy atom. The maximum Gasteiger partial charge on any atom is 0.417 e. The molecule has 0 aliphatic carbocycles. The average Bonchev–Trinajstić information content (AvgIpc) is 2.94. The Labute approximate surface area is 179 Å². The molecule has 2 aromatic rings. The van der Waals surface area contributed by atoms with Gasteiger partial charge in [0.2, 0.25) is 0 Å². The maximum atomic E-state index is 13.2. The van der Waals surface area contributed by atoms with Crippen LogP contribution in [0.1, 0.15) is 11.1 Å². The van der Waals surface area contributed by atoms with Gasteiger partial charge in [-0.2, -0.15) is 13.2 Å². The summed E-state index contributed by atoms with van der Waals surface area (Å²) in [5.74, 6) is 0.516. The summed E-state index contributed by atoms with van der Waals surface area (Å²) < 4.78 is 50.1. The first-order chi connectivity index (χ1) is 13.7. The van der Waals surface area contributed by atoms with E-state index >= 15 is 0 Å². The van der Waals surface area contributed by atoms with E-state index in [1.807, 2.05) is 0 Å². The van der Waals surface area contributed by atoms with Gasteiger partial charge >= 0.3 is 6.18 Å². The normalized spacial score (nSPS) is 15.9. The van der Waals surface area contributed by atoms with E-state index in [2.05, 4.69) is 0 Å². The van der Waals surface area contributed by atoms with Crippen LogP contribution in [-0.2, 0) is 11.0 Å². The van der Waals surface area contributed by atoms with E-state index in [9.17, 15) is 18.0 Å². The zero-order valence-corrected chi connectivity index (χ0v) is 17.4. The number of carbonyl (C=O) groups excluding carboxylic acids is 1. The molecule has 0 unspecified atom stereocenters. The predicted octanol–water partition coefficient (Wildman–Crippen LogP) is 5.78. The van der Waals surface area contributed by atoms with Crippen molar-refractivity contribution in [3.63, 3.8) is 0 Å². The summed E-state index contributed by atoms with van der Waals surface area (Å²) in [7, 11) is 2.99. The molecule has 3 rings (SSSR count). The number of benzene rings is 2. The highest BCUT2D eigenvalue weighted by Crippen LogP contribution is 2.41. The lowest BCUT2D eigenvalue weighted by atomic mass is 10.1. The zero-order valence-electron chi connectivity index (χ0n) is 15.0. The van der Waals surface area contributed by atoms with Crippen molar-refractivity contribution in [2.75, 3.05) is 19.1 Å². The highest BCUT2D eigenvalue weighted by atomic mass is 35.5. The molecule has 0 bridgehead atoms. The second-order valence-corrected chi connectivity index (χ2v) is 7.87. The first-order valence-electron chi connectivity index (χ1n) is 8.02. The second-order valence-electron chi connectivity index (χ2n) is 5.79. The Balaban J connectivity index is 2.00. The van der Waals surface area contributed by atoms with Crippen molar-refractivity contribution in [3.8, 4) is 11.5 Å². The molecule has 4 nitrogen and oxygen atoms in total. The number of anilines is 1. The third kappa shape index (κ3) is 4.36. The van der Waals surface area contributed by atoms with Crippen LogP contribution < -0.4 is 14.4 Å². The monoisotopic (exact) mass is 459 g/mol. The SMILES string of the molecule is COc1ccc(OC)c(C=C2SC(=S)N(c3ccc(Cl)c(C(F)(F)F)c3)C2=O)c1. The number of thioether (sulfide) groups is 1. The van der Waals surface area contributed by atoms with Gasteiger partial charge in [0.15, 0.2) is 4.32 Å². The standard InChI is InChI=1S/C19H13ClF3NO3S2/c1-26-12-4-6-15(27-2)10(7-12)8-16-17(25)24(18(28)29-16)11-3-5-14(20)13(9-11)19(21,22)23/h3-9H,1-2H3. The van der Waals surface area contributed by atoms with E-state index in [4.69, 9.17) is 33.3 Å². The van der Waals surface area contributed by atoms with E-state index in [1.54, 1.807) is 24.3 Å². The second kappa shape index (κ2) is 8.25. The number of rotatable bonds is 4. The topological polar surface area (TPSA) is 38.8 Å². The minimum absolute atomic E-state index is 0.00904. The summed E-state index contributed by atoms with van der Waals surface area (Å²) in [6, 6.07) is 8.27. The molecule has 2 aromatic carbocycles. The van der Waals surface area contributed by atoms with Crippen LogP contribution in [0, 0.1) is 0 Å². The van der Waals surface area contributed by atoms with Crippen LogP contribution in [0.15, 0.2) is 41.3 Å². The molecule has 0 atom stereocenters. The number of amides is 1. The minimum atomic E-state index is -4.66. The van der Waals surface area contributed by atoms with Crippen LogP contribution in [0.4, 0.5) is 18.9 Å². The molecule has 0 spiro atoms. The zero-order chi connectivity index (χ0) is 21.3. The van der Waals surface area contributed by atoms with Gasteiger partial charge in [0.25, 0.3) is 5.91 Å². The summed E-state index contributed by atoms with van der Waals surface area (Å²) in [6.07, 6.45) is -3.10. The van der Waals surface area contributed by atoms with Gasteiger partial charge in [-0.3, -0.25) is 9.69 Å². The van der Waals surface area contributed by atoms with Crippen LogP contribution in [-0.4, -0.2) is 24.4 Å². The third-order valence-electron chi connectivity index (χ3n) is 4.03. The van der Waals surface area contributed by atoms with Crippen molar-refractivity contribution in [1.82, 2.24) is 0 Å². The van der Waals surface area contributed by atoms with E-state index in [0.29, 0.717) is 17.1 Å². The van der Waals surface area contributed by atoms with Crippen LogP contribution in [0.5, 0.6) is 11.5 Å². The van der Waals surface area contributed by atoms with E-state index < -0.39 is 22.7 Å². The van der Waals surface area contributed by atoms with Gasteiger partial charge in [0, 0.05) is 5.56 Å². The number of hydrogen-bond donors (Lipinski definition) is 0. The van der Waals surface area contributed by atoms with Crippen molar-refractivity contribution in [3.05, 3.63) is 57.5 Å². The lowest BCUT2D eigenvalue weighted by molar-refractivity contribution is -0.137. The van der Waals surface area contributed by atoms with Crippen molar-refractivity contribution < 1.29 is 27.4 Å². The van der Waals surface area contributed by atoms with Crippen molar-refractivity contribution in [2.45, 2.75) is 6.18 Å². The molecule has 1 saturated heterocycles. The molecule has 1 aliphatic heterocycles. The molecule has 10 heteroatoms. The summed E-state index contributed by atoms with van der Waals surface area (Å²) >= 11 is 11.9. The van der Waals surface area contributed by atoms with Crippen LogP contribution in [0.2, 0.25) is 5.02 Å². The fourth-order valence-corrected chi connectivity index (χ4v) is 4.17. The lowest BCUT2D eigenvalue weighted by Crippen LogP contribution is -2.27. The summed E-state index contributed by atoms with van der Waals surface area (Å²) in [5, 5.41) is -0.455. The van der Waals surface area contributed by atoms with Gasteiger partial charge in [-0.15, -0.1) is 0 Å². The number of methoxy groups -OCH3 is 2. The Hall–Kier alpha value is -2.23. The number of carbonyl (C=O) groups is 1. The molecule has 1 fully saturated rings. The predicted molar refractivity (Wildman–Crippen MR) is 112 cm³/mol. The molecule has 0 saturated carbocycles. The van der Waals surface area contributed by atoms with Gasteiger partial charge in [-0.25, -0.2) is 0 Å². The largest absolute Gasteiger partial charge is 0.497 e. The Morgan fingerprint density at radius 3 is 2.48 bits per heavy atom. The first kappa shape index (κ1) is 21.5. The Morgan fingerprint density at radius 1 is 1.14 bits per heavy atom. The quantitative estimate of drug-likeness (QED) is 0.428. The van der Waals surface area contributed by atoms with Crippen LogP contribution in [0.3, 0.4) is 0 Å². The molecular weight excluding hydrogens is 447 g/mol. The summed E-state index contributed by atoms with van der Waals surface area (Å²) in [6.45, 7) is 0. The fraction of sp³-hybridized carbons (Fsp3) is 0.158. The molecule has 29 heavy (non-hydrogen) atoms. The number of nitrogens with zero attached hydrogens (tertiary/aromatic N) is 1. The van der Waals surface area contributed by atoms with E-state index in [1.165, 1.54) is 20.3 Å². The molecule has 1 heterocycles. The van der Waals surface area contributed by atoms with E-state index in [0.717, 1.165) is 28.8 Å². The number of alkyl halides is 3. The summed E-state index contributed by atoms with van der Waals surface area (Å²) in [4.78, 5) is 14.2. The highest BCUT2D eigenvalue weighted by molar-refractivity contribution is 8.27. The maximum absolute atomic E-state index is 13.2. The Kier molecular flexibility index (Phi) is 6.11. The van der Waals surface area contributed by atoms with Gasteiger partial charge in [0.05, 0.1) is 35.4 Å². The van der Waals surface area contributed by atoms with Gasteiger partial charge in [-0.05, 0) is 42.5 Å². The average molecular weight is 460 g/mol. The van der Waals surface area contributed by atoms with Crippen LogP contribution >= 0.6 is 35.6 Å². The molecular formula is C19H13ClF3NO3S2. The molecule has 1 aliphatic rings. The third-order valence-corrected chi connectivity index (χ3v) is 5.66. The van der Waals surface area contributed by atoms with Gasteiger partial charge < -0.3 is 9.47 Å². The van der Waals surface area contributed by atoms with Crippen LogP contribution in [0.25, 0.3) is 6.08 Å². The van der Waals surface area contributed by atoms with Crippen molar-refractivity contribution in [2.24, 2.45) is 0 Å². The van der Waals surface area contributed by atoms with E-state index in [-0.39, 0.29) is 14.9 Å². The molecule has 1 amide bonds. The smallest absolute Gasteiger partial charge is 0.417 e. The number of halogens is 4. The molecule has 152 valence electrons. The molecule has 0 N–H and O–H groups in total. The first-order valence-corrected chi connectivity index (χ1v) is 9.62. The number of hydrogen-bond acceptors (Lipinski definition) is 5. The van der Waals surface area contributed by atoms with Crippen molar-refractivity contribution in [1.29, 1.82) is 0 Å². The Bertz CT molecular complexity index is 1020.